The van der Waals surface area contributed by atoms with Crippen LogP contribution < -0.4 is 0 Å². The summed E-state index contributed by atoms with van der Waals surface area (Å²) in [5.74, 6) is 0.947. The topological polar surface area (TPSA) is 68.0 Å². The Bertz CT molecular complexity index is 447. The maximum atomic E-state index is 11.7. The molecule has 5 nitrogen and oxygen atoms in total. The molecule has 1 aliphatic carbocycles. The van der Waals surface area contributed by atoms with Crippen molar-refractivity contribution in [1.29, 1.82) is 0 Å². The maximum Gasteiger partial charge on any atom is 0.317 e. The van der Waals surface area contributed by atoms with E-state index in [1.165, 1.54) is 0 Å². The zero-order valence-corrected chi connectivity index (χ0v) is 9.85. The molecule has 0 radical (unpaired) electrons. The second kappa shape index (κ2) is 3.82. The van der Waals surface area contributed by atoms with Crippen LogP contribution in [0, 0.1) is 0 Å². The van der Waals surface area contributed by atoms with Gasteiger partial charge >= 0.3 is 5.97 Å². The van der Waals surface area contributed by atoms with Crippen LogP contribution in [0.3, 0.4) is 0 Å². The lowest BCUT2D eigenvalue weighted by atomic mass is 9.73. The molecule has 1 fully saturated rings. The monoisotopic (exact) mass is 235 g/mol. The molecule has 92 valence electrons. The number of aromatic nitrogens is 3. The van der Waals surface area contributed by atoms with Gasteiger partial charge in [-0.15, -0.1) is 10.2 Å². The van der Waals surface area contributed by atoms with Gasteiger partial charge in [-0.05, 0) is 19.3 Å². The third-order valence-electron chi connectivity index (χ3n) is 4.15. The highest BCUT2D eigenvalue weighted by Crippen LogP contribution is 2.39. The highest BCUT2D eigenvalue weighted by Gasteiger charge is 2.46. The molecule has 1 aromatic rings. The maximum absolute atomic E-state index is 11.7. The first-order valence-corrected chi connectivity index (χ1v) is 6.40. The summed E-state index contributed by atoms with van der Waals surface area (Å²) in [7, 11) is 0. The summed E-state index contributed by atoms with van der Waals surface area (Å²) >= 11 is 0. The van der Waals surface area contributed by atoms with Crippen molar-refractivity contribution in [3.63, 3.8) is 0 Å². The summed E-state index contributed by atoms with van der Waals surface area (Å²) in [6, 6.07) is 0. The van der Waals surface area contributed by atoms with Gasteiger partial charge < -0.3 is 9.67 Å². The average Bonchev–Trinajstić information content (AvgIpc) is 2.91. The van der Waals surface area contributed by atoms with E-state index in [-0.39, 0.29) is 0 Å². The van der Waals surface area contributed by atoms with E-state index in [2.05, 4.69) is 10.2 Å². The Morgan fingerprint density at radius 1 is 1.18 bits per heavy atom. The fourth-order valence-electron chi connectivity index (χ4n) is 3.19. The second-order valence-corrected chi connectivity index (χ2v) is 5.14. The molecule has 17 heavy (non-hydrogen) atoms. The van der Waals surface area contributed by atoms with Crippen LogP contribution in [0.2, 0.25) is 0 Å². The quantitative estimate of drug-likeness (QED) is 0.843. The van der Waals surface area contributed by atoms with Gasteiger partial charge in [0.1, 0.15) is 11.2 Å². The molecular formula is C12H17N3O2. The van der Waals surface area contributed by atoms with Gasteiger partial charge in [-0.3, -0.25) is 4.79 Å². The van der Waals surface area contributed by atoms with Crippen molar-refractivity contribution in [1.82, 2.24) is 14.8 Å². The number of carbonyl (C=O) groups is 1. The molecule has 2 aliphatic rings. The van der Waals surface area contributed by atoms with E-state index in [0.29, 0.717) is 18.7 Å². The second-order valence-electron chi connectivity index (χ2n) is 5.14. The molecule has 3 rings (SSSR count). The average molecular weight is 235 g/mol. The predicted octanol–water partition coefficient (Wildman–Crippen LogP) is 1.51. The Morgan fingerprint density at radius 2 is 1.94 bits per heavy atom. The number of carboxylic acid groups (broad SMARTS) is 1. The Labute approximate surface area is 99.9 Å². The van der Waals surface area contributed by atoms with Crippen LogP contribution in [0.15, 0.2) is 0 Å². The van der Waals surface area contributed by atoms with Gasteiger partial charge in [0.2, 0.25) is 0 Å². The molecule has 0 spiro atoms. The molecule has 1 N–H and O–H groups in total. The van der Waals surface area contributed by atoms with Crippen LogP contribution in [0.5, 0.6) is 0 Å². The van der Waals surface area contributed by atoms with E-state index in [9.17, 15) is 9.90 Å². The summed E-state index contributed by atoms with van der Waals surface area (Å²) in [6.45, 7) is 0.882. The summed E-state index contributed by atoms with van der Waals surface area (Å²) < 4.78 is 2.04. The molecule has 1 saturated carbocycles. The largest absolute Gasteiger partial charge is 0.480 e. The lowest BCUT2D eigenvalue weighted by Gasteiger charge is -2.32. The van der Waals surface area contributed by atoms with E-state index >= 15 is 0 Å². The molecule has 5 heteroatoms. The van der Waals surface area contributed by atoms with Crippen LogP contribution in [0.25, 0.3) is 0 Å². The van der Waals surface area contributed by atoms with Gasteiger partial charge in [0, 0.05) is 13.0 Å². The Kier molecular flexibility index (Phi) is 2.42. The Balaban J connectivity index is 2.06. The van der Waals surface area contributed by atoms with Gasteiger partial charge in [-0.25, -0.2) is 0 Å². The molecule has 0 amide bonds. The van der Waals surface area contributed by atoms with Crippen molar-refractivity contribution in [2.24, 2.45) is 0 Å². The number of aliphatic carboxylic acids is 1. The third-order valence-corrected chi connectivity index (χ3v) is 4.15. The first-order valence-electron chi connectivity index (χ1n) is 6.40. The number of hydrogen-bond donors (Lipinski definition) is 1. The molecule has 0 aromatic carbocycles. The van der Waals surface area contributed by atoms with Gasteiger partial charge in [-0.2, -0.15) is 0 Å². The number of rotatable bonds is 2. The number of hydrogen-bond acceptors (Lipinski definition) is 3. The first-order chi connectivity index (χ1) is 8.24. The zero-order chi connectivity index (χ0) is 11.9. The summed E-state index contributed by atoms with van der Waals surface area (Å²) in [6.07, 6.45) is 6.51. The molecule has 0 bridgehead atoms. The lowest BCUT2D eigenvalue weighted by Crippen LogP contribution is -2.40. The van der Waals surface area contributed by atoms with Crippen LogP contribution >= 0.6 is 0 Å². The van der Waals surface area contributed by atoms with E-state index in [4.69, 9.17) is 0 Å². The Morgan fingerprint density at radius 3 is 2.65 bits per heavy atom. The smallest absolute Gasteiger partial charge is 0.317 e. The summed E-state index contributed by atoms with van der Waals surface area (Å²) in [5, 5.41) is 17.9. The van der Waals surface area contributed by atoms with Crippen molar-refractivity contribution in [2.45, 2.75) is 56.9 Å². The van der Waals surface area contributed by atoms with E-state index < -0.39 is 11.4 Å². The molecule has 0 atom stereocenters. The number of carboxylic acids is 1. The highest BCUT2D eigenvalue weighted by molar-refractivity contribution is 5.80. The predicted molar refractivity (Wildman–Crippen MR) is 60.7 cm³/mol. The van der Waals surface area contributed by atoms with Crippen LogP contribution in [0.4, 0.5) is 0 Å². The van der Waals surface area contributed by atoms with Gasteiger partial charge in [0.25, 0.3) is 0 Å². The van der Waals surface area contributed by atoms with E-state index in [1.54, 1.807) is 0 Å². The van der Waals surface area contributed by atoms with Crippen LogP contribution in [0.1, 0.15) is 50.2 Å². The summed E-state index contributed by atoms with van der Waals surface area (Å²) in [4.78, 5) is 11.7. The number of aryl methyl sites for hydroxylation is 1. The standard InChI is InChI=1S/C12H17N3O2/c16-11(17)12(6-2-1-3-7-12)10-14-13-9-5-4-8-15(9)10/h1-8H2,(H,16,17). The SMILES string of the molecule is O=C(O)C1(c2nnc3n2CCC3)CCCCC1. The number of fused-ring (bicyclic) bond motifs is 1. The third kappa shape index (κ3) is 1.48. The first kappa shape index (κ1) is 10.7. The molecular weight excluding hydrogens is 218 g/mol. The van der Waals surface area contributed by atoms with E-state index in [1.807, 2.05) is 4.57 Å². The summed E-state index contributed by atoms with van der Waals surface area (Å²) in [5.41, 5.74) is -0.770. The normalized spacial score (nSPS) is 22.4. The minimum Gasteiger partial charge on any atom is -0.480 e. The van der Waals surface area contributed by atoms with Crippen molar-refractivity contribution >= 4 is 5.97 Å². The van der Waals surface area contributed by atoms with Crippen LogP contribution in [-0.2, 0) is 23.2 Å². The molecule has 0 unspecified atom stereocenters. The fourth-order valence-corrected chi connectivity index (χ4v) is 3.19. The molecule has 1 aromatic heterocycles. The molecule has 2 heterocycles. The molecule has 1 aliphatic heterocycles. The minimum atomic E-state index is -0.770. The Hall–Kier alpha value is -1.39. The van der Waals surface area contributed by atoms with E-state index in [0.717, 1.165) is 44.5 Å². The van der Waals surface area contributed by atoms with Gasteiger partial charge in [0.15, 0.2) is 5.82 Å². The molecule has 0 saturated heterocycles. The van der Waals surface area contributed by atoms with Crippen molar-refractivity contribution in [3.8, 4) is 0 Å². The van der Waals surface area contributed by atoms with Gasteiger partial charge in [-0.1, -0.05) is 19.3 Å². The number of nitrogens with zero attached hydrogens (tertiary/aromatic N) is 3. The van der Waals surface area contributed by atoms with Crippen molar-refractivity contribution < 1.29 is 9.90 Å². The van der Waals surface area contributed by atoms with Gasteiger partial charge in [0.05, 0.1) is 0 Å². The highest BCUT2D eigenvalue weighted by atomic mass is 16.4. The fraction of sp³-hybridized carbons (Fsp3) is 0.750. The van der Waals surface area contributed by atoms with Crippen molar-refractivity contribution in [3.05, 3.63) is 11.6 Å². The minimum absolute atomic E-state index is 0.706. The van der Waals surface area contributed by atoms with Crippen molar-refractivity contribution in [2.75, 3.05) is 0 Å². The lowest BCUT2D eigenvalue weighted by molar-refractivity contribution is -0.145. The zero-order valence-electron chi connectivity index (χ0n) is 9.85. The van der Waals surface area contributed by atoms with Crippen LogP contribution in [-0.4, -0.2) is 25.8 Å².